The third-order valence-electron chi connectivity index (χ3n) is 2.50. The van der Waals surface area contributed by atoms with Crippen LogP contribution in [-0.2, 0) is 4.74 Å². The second-order valence-electron chi connectivity index (χ2n) is 4.04. The second kappa shape index (κ2) is 11.3. The van der Waals surface area contributed by atoms with Gasteiger partial charge in [-0.25, -0.2) is 0 Å². The number of hydrogen-bond donors (Lipinski definition) is 0. The van der Waals surface area contributed by atoms with Crippen molar-refractivity contribution in [3.05, 3.63) is 0 Å². The number of alkyl halides is 1. The summed E-state index contributed by atoms with van der Waals surface area (Å²) in [6.07, 6.45) is 7.44. The van der Waals surface area contributed by atoms with Crippen LogP contribution in [0.3, 0.4) is 0 Å². The average Bonchev–Trinajstić information content (AvgIpc) is 2.17. The Kier molecular flexibility index (Phi) is 11.5. The molecule has 0 aliphatic heterocycles. The molecule has 0 saturated heterocycles. The summed E-state index contributed by atoms with van der Waals surface area (Å²) in [4.78, 5) is 0. The Morgan fingerprint density at radius 1 is 1.07 bits per heavy atom. The van der Waals surface area contributed by atoms with Gasteiger partial charge in [-0.05, 0) is 25.2 Å². The van der Waals surface area contributed by atoms with Crippen LogP contribution in [0.2, 0.25) is 0 Å². The van der Waals surface area contributed by atoms with E-state index in [9.17, 15) is 0 Å². The van der Waals surface area contributed by atoms with E-state index < -0.39 is 0 Å². The first-order chi connectivity index (χ1) is 6.81. The fourth-order valence-corrected chi connectivity index (χ4v) is 1.72. The first kappa shape index (κ1) is 14.2. The Morgan fingerprint density at radius 3 is 2.50 bits per heavy atom. The smallest absolute Gasteiger partial charge is 0.0468 e. The van der Waals surface area contributed by atoms with E-state index in [-0.39, 0.29) is 0 Å². The normalized spacial score (nSPS) is 13.1. The molecule has 0 rings (SSSR count). The Balaban J connectivity index is 2.98. The standard InChI is InChI=1S/C12H25ClO/c1-3-4-5-6-10-14-11-8-12(2)7-9-13/h12H,3-11H2,1-2H3. The first-order valence-corrected chi connectivity index (χ1v) is 6.48. The minimum atomic E-state index is 0.711. The summed E-state index contributed by atoms with van der Waals surface area (Å²) < 4.78 is 5.55. The van der Waals surface area contributed by atoms with Gasteiger partial charge in [-0.2, -0.15) is 0 Å². The molecule has 0 N–H and O–H groups in total. The molecule has 0 aromatic rings. The van der Waals surface area contributed by atoms with Crippen LogP contribution in [0.1, 0.15) is 52.4 Å². The lowest BCUT2D eigenvalue weighted by Crippen LogP contribution is -2.03. The number of halogens is 1. The van der Waals surface area contributed by atoms with Gasteiger partial charge in [0.05, 0.1) is 0 Å². The van der Waals surface area contributed by atoms with Gasteiger partial charge >= 0.3 is 0 Å². The molecule has 0 amide bonds. The maximum absolute atomic E-state index is 5.65. The number of hydrogen-bond acceptors (Lipinski definition) is 1. The number of rotatable bonds is 10. The molecular weight excluding hydrogens is 196 g/mol. The average molecular weight is 221 g/mol. The van der Waals surface area contributed by atoms with Gasteiger partial charge in [0.15, 0.2) is 0 Å². The van der Waals surface area contributed by atoms with Crippen LogP contribution in [0.25, 0.3) is 0 Å². The summed E-state index contributed by atoms with van der Waals surface area (Å²) in [5.74, 6) is 1.49. The van der Waals surface area contributed by atoms with Gasteiger partial charge in [0.2, 0.25) is 0 Å². The lowest BCUT2D eigenvalue weighted by atomic mass is 10.1. The zero-order valence-electron chi connectivity index (χ0n) is 9.73. The van der Waals surface area contributed by atoms with Crippen molar-refractivity contribution < 1.29 is 4.74 Å². The van der Waals surface area contributed by atoms with Gasteiger partial charge in [-0.1, -0.05) is 33.1 Å². The zero-order chi connectivity index (χ0) is 10.6. The molecule has 86 valence electrons. The van der Waals surface area contributed by atoms with E-state index in [1.54, 1.807) is 0 Å². The van der Waals surface area contributed by atoms with Gasteiger partial charge in [0.25, 0.3) is 0 Å². The van der Waals surface area contributed by atoms with E-state index in [4.69, 9.17) is 16.3 Å². The Morgan fingerprint density at radius 2 is 1.86 bits per heavy atom. The molecule has 1 nitrogen and oxygen atoms in total. The fraction of sp³-hybridized carbons (Fsp3) is 1.00. The third kappa shape index (κ3) is 10.3. The van der Waals surface area contributed by atoms with E-state index in [0.717, 1.165) is 31.9 Å². The van der Waals surface area contributed by atoms with Crippen molar-refractivity contribution >= 4 is 11.6 Å². The van der Waals surface area contributed by atoms with Gasteiger partial charge < -0.3 is 4.74 Å². The molecule has 0 aliphatic carbocycles. The Labute approximate surface area is 94.2 Å². The van der Waals surface area contributed by atoms with Crippen LogP contribution in [0.4, 0.5) is 0 Å². The summed E-state index contributed by atoms with van der Waals surface area (Å²) in [5, 5.41) is 0. The summed E-state index contributed by atoms with van der Waals surface area (Å²) in [6, 6.07) is 0. The van der Waals surface area contributed by atoms with Crippen molar-refractivity contribution in [2.24, 2.45) is 5.92 Å². The van der Waals surface area contributed by atoms with Crippen LogP contribution >= 0.6 is 11.6 Å². The van der Waals surface area contributed by atoms with E-state index in [1.165, 1.54) is 25.7 Å². The summed E-state index contributed by atoms with van der Waals surface area (Å²) in [5.41, 5.74) is 0. The highest BCUT2D eigenvalue weighted by atomic mass is 35.5. The van der Waals surface area contributed by atoms with Crippen molar-refractivity contribution in [2.45, 2.75) is 52.4 Å². The molecule has 2 heteroatoms. The lowest BCUT2D eigenvalue weighted by Gasteiger charge is -2.09. The highest BCUT2D eigenvalue weighted by Gasteiger charge is 2.00. The quantitative estimate of drug-likeness (QED) is 0.395. The third-order valence-corrected chi connectivity index (χ3v) is 2.72. The highest BCUT2D eigenvalue weighted by Crippen LogP contribution is 2.08. The lowest BCUT2D eigenvalue weighted by molar-refractivity contribution is 0.117. The predicted octanol–water partition coefficient (Wildman–Crippen LogP) is 4.24. The van der Waals surface area contributed by atoms with Gasteiger partial charge in [-0.15, -0.1) is 11.6 Å². The number of unbranched alkanes of at least 4 members (excludes halogenated alkanes) is 3. The minimum Gasteiger partial charge on any atom is -0.381 e. The van der Waals surface area contributed by atoms with Crippen LogP contribution in [0.5, 0.6) is 0 Å². The topological polar surface area (TPSA) is 9.23 Å². The van der Waals surface area contributed by atoms with Crippen molar-refractivity contribution in [3.8, 4) is 0 Å². The van der Waals surface area contributed by atoms with Crippen molar-refractivity contribution in [2.75, 3.05) is 19.1 Å². The molecule has 0 heterocycles. The van der Waals surface area contributed by atoms with E-state index in [0.29, 0.717) is 5.92 Å². The Hall–Kier alpha value is 0.250. The zero-order valence-corrected chi connectivity index (χ0v) is 10.5. The SMILES string of the molecule is CCCCCCOCCC(C)CCCl. The van der Waals surface area contributed by atoms with E-state index >= 15 is 0 Å². The predicted molar refractivity (Wildman–Crippen MR) is 64.1 cm³/mol. The molecule has 0 radical (unpaired) electrons. The van der Waals surface area contributed by atoms with Crippen LogP contribution in [0, 0.1) is 5.92 Å². The summed E-state index contributed by atoms with van der Waals surface area (Å²) >= 11 is 5.65. The second-order valence-corrected chi connectivity index (χ2v) is 4.42. The Bertz CT molecular complexity index is 106. The van der Waals surface area contributed by atoms with Crippen molar-refractivity contribution in [1.82, 2.24) is 0 Å². The minimum absolute atomic E-state index is 0.711. The first-order valence-electron chi connectivity index (χ1n) is 5.95. The molecule has 1 atom stereocenters. The van der Waals surface area contributed by atoms with Crippen LogP contribution < -0.4 is 0 Å². The fourth-order valence-electron chi connectivity index (χ4n) is 1.35. The molecule has 0 aliphatic rings. The number of ether oxygens (including phenoxy) is 1. The molecular formula is C12H25ClO. The highest BCUT2D eigenvalue weighted by molar-refractivity contribution is 6.17. The van der Waals surface area contributed by atoms with Crippen molar-refractivity contribution in [1.29, 1.82) is 0 Å². The van der Waals surface area contributed by atoms with E-state index in [1.807, 2.05) is 0 Å². The largest absolute Gasteiger partial charge is 0.381 e. The molecule has 0 saturated carbocycles. The summed E-state index contributed by atoms with van der Waals surface area (Å²) in [7, 11) is 0. The molecule has 0 fully saturated rings. The molecule has 0 bridgehead atoms. The molecule has 1 unspecified atom stereocenters. The maximum atomic E-state index is 5.65. The van der Waals surface area contributed by atoms with E-state index in [2.05, 4.69) is 13.8 Å². The van der Waals surface area contributed by atoms with Crippen LogP contribution in [0.15, 0.2) is 0 Å². The molecule has 0 aromatic heterocycles. The molecule has 0 spiro atoms. The van der Waals surface area contributed by atoms with Crippen molar-refractivity contribution in [3.63, 3.8) is 0 Å². The van der Waals surface area contributed by atoms with Gasteiger partial charge in [-0.3, -0.25) is 0 Å². The van der Waals surface area contributed by atoms with Gasteiger partial charge in [0.1, 0.15) is 0 Å². The molecule has 0 aromatic carbocycles. The monoisotopic (exact) mass is 220 g/mol. The maximum Gasteiger partial charge on any atom is 0.0468 e. The summed E-state index contributed by atoms with van der Waals surface area (Å²) in [6.45, 7) is 6.31. The molecule has 14 heavy (non-hydrogen) atoms. The van der Waals surface area contributed by atoms with Gasteiger partial charge in [0, 0.05) is 19.1 Å². The van der Waals surface area contributed by atoms with Crippen LogP contribution in [-0.4, -0.2) is 19.1 Å².